The number of benzene rings is 1. The zero-order valence-electron chi connectivity index (χ0n) is 15.7. The van der Waals surface area contributed by atoms with Crippen molar-refractivity contribution in [1.82, 2.24) is 13.9 Å². The maximum atomic E-state index is 13.4. The second-order valence-corrected chi connectivity index (χ2v) is 7.85. The van der Waals surface area contributed by atoms with E-state index in [1.54, 1.807) is 25.6 Å². The van der Waals surface area contributed by atoms with Crippen LogP contribution in [0.2, 0.25) is 0 Å². The summed E-state index contributed by atoms with van der Waals surface area (Å²) in [6, 6.07) is 7.19. The topological polar surface area (TPSA) is 80.3 Å². The summed E-state index contributed by atoms with van der Waals surface area (Å²) in [7, 11) is 1.03. The first-order valence-corrected chi connectivity index (χ1v) is 10.0. The Hall–Kier alpha value is -1.23. The lowest BCUT2D eigenvalue weighted by molar-refractivity contribution is 0.143. The fraction of sp³-hybridized carbons (Fsp3) is 0.647. The highest BCUT2D eigenvalue weighted by Crippen LogP contribution is 2.32. The highest BCUT2D eigenvalue weighted by Gasteiger charge is 2.38. The van der Waals surface area contributed by atoms with Crippen LogP contribution in [0, 0.1) is 0 Å². The summed E-state index contributed by atoms with van der Waals surface area (Å²) >= 11 is 0. The Morgan fingerprint density at radius 3 is 2.42 bits per heavy atom. The van der Waals surface area contributed by atoms with E-state index in [2.05, 4.69) is 5.32 Å². The minimum atomic E-state index is -3.68. The molecule has 0 aliphatic carbocycles. The van der Waals surface area contributed by atoms with Gasteiger partial charge < -0.3 is 19.5 Å². The van der Waals surface area contributed by atoms with E-state index in [4.69, 9.17) is 14.2 Å². The minimum absolute atomic E-state index is 0.283. The summed E-state index contributed by atoms with van der Waals surface area (Å²) in [5.41, 5.74) is 0.851. The number of hydrogen-bond acceptors (Lipinski definition) is 6. The van der Waals surface area contributed by atoms with Gasteiger partial charge in [0.25, 0.3) is 10.2 Å². The molecule has 1 aliphatic rings. The van der Waals surface area contributed by atoms with E-state index in [1.165, 1.54) is 4.31 Å². The van der Waals surface area contributed by atoms with Crippen LogP contribution in [-0.4, -0.2) is 84.3 Å². The van der Waals surface area contributed by atoms with E-state index in [1.807, 2.05) is 24.3 Å². The third-order valence-corrected chi connectivity index (χ3v) is 6.45. The van der Waals surface area contributed by atoms with Gasteiger partial charge in [-0.3, -0.25) is 0 Å². The summed E-state index contributed by atoms with van der Waals surface area (Å²) in [5, 5.41) is 3.28. The lowest BCUT2D eigenvalue weighted by Gasteiger charge is -2.38. The summed E-state index contributed by atoms with van der Waals surface area (Å²) in [4.78, 5) is 0. The number of nitrogens with one attached hydrogen (secondary N) is 1. The van der Waals surface area contributed by atoms with Crippen LogP contribution < -0.4 is 10.1 Å². The number of hydrogen-bond donors (Lipinski definition) is 1. The molecule has 9 heteroatoms. The van der Waals surface area contributed by atoms with Gasteiger partial charge in [0.2, 0.25) is 0 Å². The summed E-state index contributed by atoms with van der Waals surface area (Å²) < 4.78 is 45.3. The molecule has 1 saturated heterocycles. The van der Waals surface area contributed by atoms with E-state index < -0.39 is 10.2 Å². The highest BCUT2D eigenvalue weighted by atomic mass is 32.2. The molecule has 26 heavy (non-hydrogen) atoms. The van der Waals surface area contributed by atoms with E-state index >= 15 is 0 Å². The average Bonchev–Trinajstić information content (AvgIpc) is 2.67. The molecule has 1 unspecified atom stereocenters. The maximum Gasteiger partial charge on any atom is 0.282 e. The van der Waals surface area contributed by atoms with Gasteiger partial charge in [0.15, 0.2) is 0 Å². The van der Waals surface area contributed by atoms with Gasteiger partial charge in [-0.05, 0) is 6.07 Å². The van der Waals surface area contributed by atoms with Crippen LogP contribution >= 0.6 is 0 Å². The first-order valence-electron chi connectivity index (χ1n) is 8.64. The molecule has 0 radical (unpaired) electrons. The first-order chi connectivity index (χ1) is 12.6. The van der Waals surface area contributed by atoms with Crippen molar-refractivity contribution >= 4 is 10.2 Å². The van der Waals surface area contributed by atoms with Crippen LogP contribution in [0.5, 0.6) is 5.75 Å². The fourth-order valence-corrected chi connectivity index (χ4v) is 4.78. The van der Waals surface area contributed by atoms with Gasteiger partial charge in [0, 0.05) is 52.5 Å². The Balaban J connectivity index is 2.33. The van der Waals surface area contributed by atoms with Crippen LogP contribution in [0.1, 0.15) is 11.6 Å². The molecule has 1 N–H and O–H groups in total. The summed E-state index contributed by atoms with van der Waals surface area (Å²) in [5.74, 6) is 0.682. The molecular weight excluding hydrogens is 358 g/mol. The van der Waals surface area contributed by atoms with Crippen molar-refractivity contribution in [2.75, 3.05) is 67.3 Å². The standard InChI is InChI=1S/C17H29N3O5S/c1-23-12-10-19(11-13-24-2)26(21,22)20-9-8-18-14-16(20)15-6-4-5-7-17(15)25-3/h4-7,16,18H,8-14H2,1-3H3. The monoisotopic (exact) mass is 387 g/mol. The highest BCUT2D eigenvalue weighted by molar-refractivity contribution is 7.86. The lowest BCUT2D eigenvalue weighted by atomic mass is 10.0. The molecule has 0 saturated carbocycles. The predicted molar refractivity (Wildman–Crippen MR) is 99.6 cm³/mol. The fourth-order valence-electron chi connectivity index (χ4n) is 3.05. The zero-order chi connectivity index (χ0) is 19.0. The van der Waals surface area contributed by atoms with E-state index in [0.29, 0.717) is 38.6 Å². The Morgan fingerprint density at radius 2 is 1.81 bits per heavy atom. The van der Waals surface area contributed by atoms with Gasteiger partial charge in [-0.1, -0.05) is 18.2 Å². The number of rotatable bonds is 10. The summed E-state index contributed by atoms with van der Waals surface area (Å²) in [6.07, 6.45) is 0. The molecule has 1 aliphatic heterocycles. The van der Waals surface area contributed by atoms with Gasteiger partial charge in [-0.25, -0.2) is 0 Å². The minimum Gasteiger partial charge on any atom is -0.496 e. The van der Waals surface area contributed by atoms with Crippen LogP contribution in [0.25, 0.3) is 0 Å². The molecule has 2 rings (SSSR count). The number of ether oxygens (including phenoxy) is 3. The molecule has 1 aromatic carbocycles. The quantitative estimate of drug-likeness (QED) is 0.629. The third-order valence-electron chi connectivity index (χ3n) is 4.40. The van der Waals surface area contributed by atoms with Crippen LogP contribution in [0.3, 0.4) is 0 Å². The molecule has 1 aromatic rings. The van der Waals surface area contributed by atoms with Crippen molar-refractivity contribution in [3.8, 4) is 5.75 Å². The predicted octanol–water partition coefficient (Wildman–Crippen LogP) is 0.481. The first kappa shape index (κ1) is 21.1. The second kappa shape index (κ2) is 10.2. The molecule has 148 valence electrons. The molecule has 0 bridgehead atoms. The number of para-hydroxylation sites is 1. The SMILES string of the molecule is COCCN(CCOC)S(=O)(=O)N1CCNCC1c1ccccc1OC. The van der Waals surface area contributed by atoms with E-state index in [0.717, 1.165) is 5.56 Å². The summed E-state index contributed by atoms with van der Waals surface area (Å²) in [6.45, 7) is 2.75. The number of nitrogens with zero attached hydrogens (tertiary/aromatic N) is 2. The Bertz CT molecular complexity index is 648. The van der Waals surface area contributed by atoms with Gasteiger partial charge in [0.1, 0.15) is 5.75 Å². The van der Waals surface area contributed by atoms with Crippen LogP contribution in [0.15, 0.2) is 24.3 Å². The zero-order valence-corrected chi connectivity index (χ0v) is 16.5. The molecule has 1 atom stereocenters. The smallest absolute Gasteiger partial charge is 0.282 e. The Kier molecular flexibility index (Phi) is 8.26. The van der Waals surface area contributed by atoms with Crippen molar-refractivity contribution in [2.24, 2.45) is 0 Å². The van der Waals surface area contributed by atoms with Crippen molar-refractivity contribution in [2.45, 2.75) is 6.04 Å². The van der Waals surface area contributed by atoms with E-state index in [9.17, 15) is 8.42 Å². The van der Waals surface area contributed by atoms with Crippen molar-refractivity contribution in [3.63, 3.8) is 0 Å². The van der Waals surface area contributed by atoms with Gasteiger partial charge in [-0.2, -0.15) is 17.0 Å². The molecular formula is C17H29N3O5S. The van der Waals surface area contributed by atoms with Gasteiger partial charge >= 0.3 is 0 Å². The Labute approximate surface area is 156 Å². The normalized spacial score (nSPS) is 19.0. The lowest BCUT2D eigenvalue weighted by Crippen LogP contribution is -2.54. The third kappa shape index (κ3) is 4.93. The number of methoxy groups -OCH3 is 3. The Morgan fingerprint density at radius 1 is 1.15 bits per heavy atom. The molecule has 1 fully saturated rings. The molecule has 1 heterocycles. The molecule has 0 aromatic heterocycles. The van der Waals surface area contributed by atoms with Crippen LogP contribution in [-0.2, 0) is 19.7 Å². The average molecular weight is 388 g/mol. The largest absolute Gasteiger partial charge is 0.496 e. The van der Waals surface area contributed by atoms with Gasteiger partial charge in [0.05, 0.1) is 26.4 Å². The van der Waals surface area contributed by atoms with Crippen molar-refractivity contribution in [3.05, 3.63) is 29.8 Å². The van der Waals surface area contributed by atoms with E-state index in [-0.39, 0.29) is 19.1 Å². The molecule has 0 amide bonds. The molecule has 8 nitrogen and oxygen atoms in total. The van der Waals surface area contributed by atoms with Crippen LogP contribution in [0.4, 0.5) is 0 Å². The van der Waals surface area contributed by atoms with Gasteiger partial charge in [-0.15, -0.1) is 0 Å². The molecule has 0 spiro atoms. The maximum absolute atomic E-state index is 13.4. The number of piperazine rings is 1. The van der Waals surface area contributed by atoms with Crippen molar-refractivity contribution < 1.29 is 22.6 Å². The second-order valence-electron chi connectivity index (χ2n) is 5.97. The van der Waals surface area contributed by atoms with Crippen molar-refractivity contribution in [1.29, 1.82) is 0 Å².